The molecule has 1 saturated heterocycles. The standard InChI is InChI=1S/C15H20ClFN2/c1-15(11-5-6-11)10-18-7-8-19(15)9-12-13(16)3-2-4-14(12)17/h2-4,11,18H,5-10H2,1H3. The van der Waals surface area contributed by atoms with Gasteiger partial charge in [-0.3, -0.25) is 4.90 Å². The number of hydrogen-bond donors (Lipinski definition) is 1. The predicted octanol–water partition coefficient (Wildman–Crippen LogP) is 3.05. The molecule has 2 fully saturated rings. The minimum Gasteiger partial charge on any atom is -0.314 e. The van der Waals surface area contributed by atoms with Crippen molar-refractivity contribution in [3.05, 3.63) is 34.6 Å². The Bertz CT molecular complexity index is 455. The molecule has 1 atom stereocenters. The van der Waals surface area contributed by atoms with Crippen LogP contribution in [-0.2, 0) is 6.54 Å². The van der Waals surface area contributed by atoms with E-state index in [-0.39, 0.29) is 11.4 Å². The summed E-state index contributed by atoms with van der Waals surface area (Å²) >= 11 is 6.15. The van der Waals surface area contributed by atoms with Gasteiger partial charge in [-0.1, -0.05) is 17.7 Å². The van der Waals surface area contributed by atoms with Crippen LogP contribution in [0.4, 0.5) is 4.39 Å². The van der Waals surface area contributed by atoms with Crippen molar-refractivity contribution in [3.8, 4) is 0 Å². The molecule has 3 rings (SSSR count). The number of piperazine rings is 1. The third kappa shape index (κ3) is 2.51. The first-order valence-electron chi connectivity index (χ1n) is 7.00. The van der Waals surface area contributed by atoms with Crippen LogP contribution in [0.25, 0.3) is 0 Å². The Balaban J connectivity index is 1.84. The molecule has 2 nitrogen and oxygen atoms in total. The van der Waals surface area contributed by atoms with Gasteiger partial charge in [0.15, 0.2) is 0 Å². The summed E-state index contributed by atoms with van der Waals surface area (Å²) in [7, 11) is 0. The van der Waals surface area contributed by atoms with E-state index >= 15 is 0 Å². The fourth-order valence-corrected chi connectivity index (χ4v) is 3.39. The van der Waals surface area contributed by atoms with Crippen molar-refractivity contribution in [3.63, 3.8) is 0 Å². The lowest BCUT2D eigenvalue weighted by Gasteiger charge is -2.46. The lowest BCUT2D eigenvalue weighted by atomic mass is 9.90. The molecule has 0 aromatic heterocycles. The van der Waals surface area contributed by atoms with Crippen LogP contribution >= 0.6 is 11.6 Å². The van der Waals surface area contributed by atoms with Crippen LogP contribution in [-0.4, -0.2) is 30.1 Å². The van der Waals surface area contributed by atoms with Gasteiger partial charge in [-0.2, -0.15) is 0 Å². The Morgan fingerprint density at radius 2 is 2.26 bits per heavy atom. The number of hydrogen-bond acceptors (Lipinski definition) is 2. The Morgan fingerprint density at radius 3 is 2.95 bits per heavy atom. The number of nitrogens with zero attached hydrogens (tertiary/aromatic N) is 1. The van der Waals surface area contributed by atoms with Gasteiger partial charge in [0, 0.05) is 42.3 Å². The van der Waals surface area contributed by atoms with Crippen LogP contribution in [0, 0.1) is 11.7 Å². The molecule has 4 heteroatoms. The van der Waals surface area contributed by atoms with Gasteiger partial charge in [0.25, 0.3) is 0 Å². The van der Waals surface area contributed by atoms with Crippen molar-refractivity contribution in [1.82, 2.24) is 10.2 Å². The van der Waals surface area contributed by atoms with Gasteiger partial charge in [0.2, 0.25) is 0 Å². The summed E-state index contributed by atoms with van der Waals surface area (Å²) in [5.74, 6) is 0.551. The summed E-state index contributed by atoms with van der Waals surface area (Å²) in [6.07, 6.45) is 2.58. The molecule has 2 aliphatic rings. The molecular weight excluding hydrogens is 263 g/mol. The molecule has 0 bridgehead atoms. The maximum atomic E-state index is 13.9. The number of halogens is 2. The highest BCUT2D eigenvalue weighted by Gasteiger charge is 2.46. The Kier molecular flexibility index (Phi) is 3.54. The number of benzene rings is 1. The van der Waals surface area contributed by atoms with Crippen molar-refractivity contribution in [2.24, 2.45) is 5.92 Å². The molecule has 19 heavy (non-hydrogen) atoms. The molecule has 104 valence electrons. The monoisotopic (exact) mass is 282 g/mol. The Morgan fingerprint density at radius 1 is 1.47 bits per heavy atom. The van der Waals surface area contributed by atoms with Crippen molar-refractivity contribution in [2.45, 2.75) is 31.8 Å². The Hall–Kier alpha value is -0.640. The van der Waals surface area contributed by atoms with Gasteiger partial charge in [-0.05, 0) is 37.8 Å². The quantitative estimate of drug-likeness (QED) is 0.917. The smallest absolute Gasteiger partial charge is 0.129 e. The third-order valence-corrected chi connectivity index (χ3v) is 4.99. The van der Waals surface area contributed by atoms with Crippen LogP contribution in [0.15, 0.2) is 18.2 Å². The predicted molar refractivity (Wildman–Crippen MR) is 75.8 cm³/mol. The van der Waals surface area contributed by atoms with Gasteiger partial charge in [0.05, 0.1) is 0 Å². The van der Waals surface area contributed by atoms with Crippen LogP contribution in [0.5, 0.6) is 0 Å². The molecule has 1 aliphatic carbocycles. The minimum absolute atomic E-state index is 0.143. The fourth-order valence-electron chi connectivity index (χ4n) is 3.16. The van der Waals surface area contributed by atoms with Crippen LogP contribution < -0.4 is 5.32 Å². The number of rotatable bonds is 3. The van der Waals surface area contributed by atoms with Gasteiger partial charge in [-0.15, -0.1) is 0 Å². The second kappa shape index (κ2) is 5.04. The van der Waals surface area contributed by atoms with E-state index in [1.54, 1.807) is 12.1 Å². The van der Waals surface area contributed by atoms with Gasteiger partial charge < -0.3 is 5.32 Å². The summed E-state index contributed by atoms with van der Waals surface area (Å²) in [6.45, 7) is 5.82. The summed E-state index contributed by atoms with van der Waals surface area (Å²) in [4.78, 5) is 2.41. The normalized spacial score (nSPS) is 28.6. The molecule has 1 aliphatic heterocycles. The molecule has 0 spiro atoms. The highest BCUT2D eigenvalue weighted by Crippen LogP contribution is 2.44. The van der Waals surface area contributed by atoms with E-state index in [1.807, 2.05) is 0 Å². The fraction of sp³-hybridized carbons (Fsp3) is 0.600. The molecule has 1 N–H and O–H groups in total. The molecule has 1 aromatic carbocycles. The molecule has 1 saturated carbocycles. The van der Waals surface area contributed by atoms with E-state index in [9.17, 15) is 4.39 Å². The van der Waals surface area contributed by atoms with E-state index in [4.69, 9.17) is 11.6 Å². The molecule has 1 heterocycles. The minimum atomic E-state index is -0.191. The average molecular weight is 283 g/mol. The first kappa shape index (κ1) is 13.3. The van der Waals surface area contributed by atoms with Gasteiger partial charge in [-0.25, -0.2) is 4.39 Å². The zero-order valence-electron chi connectivity index (χ0n) is 11.3. The van der Waals surface area contributed by atoms with Crippen LogP contribution in [0.1, 0.15) is 25.3 Å². The highest BCUT2D eigenvalue weighted by atomic mass is 35.5. The zero-order valence-corrected chi connectivity index (χ0v) is 12.0. The third-order valence-electron chi connectivity index (χ3n) is 4.63. The molecule has 0 radical (unpaired) electrons. The van der Waals surface area contributed by atoms with E-state index < -0.39 is 0 Å². The summed E-state index contributed by atoms with van der Waals surface area (Å²) in [6, 6.07) is 4.94. The van der Waals surface area contributed by atoms with Crippen molar-refractivity contribution in [2.75, 3.05) is 19.6 Å². The van der Waals surface area contributed by atoms with Crippen molar-refractivity contribution < 1.29 is 4.39 Å². The molecule has 1 aromatic rings. The second-order valence-corrected chi connectivity index (χ2v) is 6.34. The summed E-state index contributed by atoms with van der Waals surface area (Å²) in [5, 5.41) is 4.01. The topological polar surface area (TPSA) is 15.3 Å². The van der Waals surface area contributed by atoms with E-state index in [0.717, 1.165) is 25.6 Å². The van der Waals surface area contributed by atoms with Gasteiger partial charge >= 0.3 is 0 Å². The van der Waals surface area contributed by atoms with Crippen LogP contribution in [0.2, 0.25) is 5.02 Å². The maximum absolute atomic E-state index is 13.9. The largest absolute Gasteiger partial charge is 0.314 e. The average Bonchev–Trinajstić information content (AvgIpc) is 3.20. The van der Waals surface area contributed by atoms with E-state index in [0.29, 0.717) is 17.1 Å². The lowest BCUT2D eigenvalue weighted by molar-refractivity contribution is 0.0475. The van der Waals surface area contributed by atoms with Crippen LogP contribution in [0.3, 0.4) is 0 Å². The van der Waals surface area contributed by atoms with E-state index in [1.165, 1.54) is 18.9 Å². The zero-order chi connectivity index (χ0) is 13.5. The first-order valence-corrected chi connectivity index (χ1v) is 7.38. The van der Waals surface area contributed by atoms with E-state index in [2.05, 4.69) is 17.1 Å². The maximum Gasteiger partial charge on any atom is 0.129 e. The summed E-state index contributed by atoms with van der Waals surface area (Å²) < 4.78 is 13.9. The van der Waals surface area contributed by atoms with Crippen molar-refractivity contribution in [1.29, 1.82) is 0 Å². The second-order valence-electron chi connectivity index (χ2n) is 5.93. The SMILES string of the molecule is CC1(C2CC2)CNCCN1Cc1c(F)cccc1Cl. The number of nitrogens with one attached hydrogen (secondary N) is 1. The summed E-state index contributed by atoms with van der Waals surface area (Å²) in [5.41, 5.74) is 0.780. The molecule has 1 unspecified atom stereocenters. The first-order chi connectivity index (χ1) is 9.11. The highest BCUT2D eigenvalue weighted by molar-refractivity contribution is 6.31. The van der Waals surface area contributed by atoms with Crippen molar-refractivity contribution >= 4 is 11.6 Å². The Labute approximate surface area is 118 Å². The van der Waals surface area contributed by atoms with Gasteiger partial charge in [0.1, 0.15) is 5.82 Å². The molecule has 0 amide bonds. The molecular formula is C15H20ClFN2. The lowest BCUT2D eigenvalue weighted by Crippen LogP contribution is -2.60.